The number of carbonyl (C=O) groups excluding carboxylic acids is 1. The normalized spacial score (nSPS) is 12.5. The molecule has 0 rings (SSSR count). The molecule has 1 unspecified atom stereocenters. The fourth-order valence-electron chi connectivity index (χ4n) is 1.96. The summed E-state index contributed by atoms with van der Waals surface area (Å²) in [5.41, 5.74) is -1.43. The van der Waals surface area contributed by atoms with Gasteiger partial charge in [-0.05, 0) is 12.8 Å². The van der Waals surface area contributed by atoms with Gasteiger partial charge in [-0.25, -0.2) is 0 Å². The minimum atomic E-state index is -4.30. The number of hydrogen-bond acceptors (Lipinski definition) is 4. The molecule has 0 aliphatic carbocycles. The molecule has 0 amide bonds. The average molecular weight is 332 g/mol. The molecule has 0 bridgehead atoms. The predicted octanol–water partition coefficient (Wildman–Crippen LogP) is 3.04. The molecule has 0 fully saturated rings. The summed E-state index contributed by atoms with van der Waals surface area (Å²) in [6.07, 6.45) is 9.20. The van der Waals surface area contributed by atoms with E-state index in [1.165, 1.54) is 32.1 Å². The molecule has 0 aliphatic rings. The number of unbranched alkanes of at least 4 members (excludes halogenated alkanes) is 7. The molecule has 21 heavy (non-hydrogen) atoms. The van der Waals surface area contributed by atoms with Crippen LogP contribution >= 0.6 is 0 Å². The second-order valence-corrected chi connectivity index (χ2v) is 6.62. The molecule has 0 aromatic heterocycles. The molecule has 0 saturated carbocycles. The zero-order chi connectivity index (χ0) is 15.4. The van der Waals surface area contributed by atoms with Crippen molar-refractivity contribution in [2.24, 2.45) is 0 Å². The van der Waals surface area contributed by atoms with Gasteiger partial charge in [0.1, 0.15) is 0 Å². The number of hydrogen-bond donors (Lipinski definition) is 1. The maximum absolute atomic E-state index is 11.4. The Balaban J connectivity index is 0. The van der Waals surface area contributed by atoms with Crippen LogP contribution in [0.3, 0.4) is 0 Å². The van der Waals surface area contributed by atoms with Gasteiger partial charge in [-0.2, -0.15) is 8.42 Å². The molecule has 122 valence electrons. The molecular formula is C14H29NaO5S. The van der Waals surface area contributed by atoms with Crippen molar-refractivity contribution < 1.29 is 22.5 Å². The Bertz CT molecular complexity index is 356. The predicted molar refractivity (Wildman–Crippen MR) is 86.1 cm³/mol. The average Bonchev–Trinajstić information content (AvgIpc) is 2.37. The maximum atomic E-state index is 11.4. The van der Waals surface area contributed by atoms with Crippen molar-refractivity contribution in [3.05, 3.63) is 0 Å². The molecule has 0 aliphatic heterocycles. The molecule has 0 radical (unpaired) electrons. The van der Waals surface area contributed by atoms with Crippen molar-refractivity contribution in [2.75, 3.05) is 0 Å². The van der Waals surface area contributed by atoms with E-state index in [1.54, 1.807) is 6.92 Å². The Hall–Kier alpha value is 0.380. The third-order valence-electron chi connectivity index (χ3n) is 3.16. The zero-order valence-electron chi connectivity index (χ0n) is 12.6. The van der Waals surface area contributed by atoms with E-state index in [0.29, 0.717) is 6.42 Å². The fraction of sp³-hybridized carbons (Fsp3) is 0.929. The number of ether oxygens (including phenoxy) is 1. The van der Waals surface area contributed by atoms with E-state index in [9.17, 15) is 13.2 Å². The van der Waals surface area contributed by atoms with Crippen LogP contribution in [-0.4, -0.2) is 53.9 Å². The molecule has 0 spiro atoms. The van der Waals surface area contributed by atoms with Crippen LogP contribution in [0.4, 0.5) is 0 Å². The Labute approximate surface area is 151 Å². The van der Waals surface area contributed by atoms with Crippen LogP contribution in [0.1, 0.15) is 78.1 Å². The van der Waals surface area contributed by atoms with Crippen molar-refractivity contribution in [3.63, 3.8) is 0 Å². The Morgan fingerprint density at radius 1 is 1.00 bits per heavy atom. The fourth-order valence-corrected chi connectivity index (χ4v) is 2.61. The van der Waals surface area contributed by atoms with Gasteiger partial charge in [-0.1, -0.05) is 58.8 Å². The number of esters is 1. The van der Waals surface area contributed by atoms with Gasteiger partial charge in [0.25, 0.3) is 0 Å². The molecule has 1 atom stereocenters. The SMILES string of the molecule is CCCCCCCCCCC(=O)OC(CC)S(=O)(=O)O.[NaH]. The van der Waals surface area contributed by atoms with Crippen molar-refractivity contribution in [2.45, 2.75) is 83.5 Å². The van der Waals surface area contributed by atoms with E-state index < -0.39 is 21.5 Å². The molecule has 0 heterocycles. The van der Waals surface area contributed by atoms with Gasteiger partial charge in [-0.15, -0.1) is 0 Å². The van der Waals surface area contributed by atoms with Crippen LogP contribution < -0.4 is 0 Å². The third kappa shape index (κ3) is 13.7. The monoisotopic (exact) mass is 332 g/mol. The van der Waals surface area contributed by atoms with Gasteiger partial charge in [0.2, 0.25) is 5.44 Å². The molecule has 0 aromatic carbocycles. The number of carbonyl (C=O) groups is 1. The summed E-state index contributed by atoms with van der Waals surface area (Å²) < 4.78 is 35.3. The summed E-state index contributed by atoms with van der Waals surface area (Å²) in [7, 11) is -4.30. The van der Waals surface area contributed by atoms with E-state index in [0.717, 1.165) is 12.8 Å². The van der Waals surface area contributed by atoms with Gasteiger partial charge in [0, 0.05) is 6.42 Å². The topological polar surface area (TPSA) is 80.7 Å². The first-order chi connectivity index (χ1) is 9.41. The third-order valence-corrected chi connectivity index (χ3v) is 4.26. The summed E-state index contributed by atoms with van der Waals surface area (Å²) in [6.45, 7) is 3.73. The molecule has 1 N–H and O–H groups in total. The molecule has 0 saturated heterocycles. The van der Waals surface area contributed by atoms with Gasteiger partial charge in [-0.3, -0.25) is 9.35 Å². The van der Waals surface area contributed by atoms with E-state index in [2.05, 4.69) is 6.92 Å². The Kier molecular flexibility index (Phi) is 15.8. The van der Waals surface area contributed by atoms with Crippen LogP contribution in [0.5, 0.6) is 0 Å². The van der Waals surface area contributed by atoms with Crippen molar-refractivity contribution in [1.82, 2.24) is 0 Å². The molecule has 7 heteroatoms. The molecule has 5 nitrogen and oxygen atoms in total. The summed E-state index contributed by atoms with van der Waals surface area (Å²) in [5, 5.41) is 0. The van der Waals surface area contributed by atoms with Crippen LogP contribution in [0.25, 0.3) is 0 Å². The standard InChI is InChI=1S/C14H28O5S.Na.H/c1-3-5-6-7-8-9-10-11-12-13(15)19-14(4-2)20(16,17)18;;/h14H,3-12H2,1-2H3,(H,16,17,18);;. The second-order valence-electron chi connectivity index (χ2n) is 5.07. The van der Waals surface area contributed by atoms with Crippen LogP contribution in [0, 0.1) is 0 Å². The second kappa shape index (κ2) is 14.0. The van der Waals surface area contributed by atoms with Crippen LogP contribution in [0.15, 0.2) is 0 Å². The Morgan fingerprint density at radius 2 is 1.48 bits per heavy atom. The van der Waals surface area contributed by atoms with E-state index >= 15 is 0 Å². The van der Waals surface area contributed by atoms with Crippen molar-refractivity contribution >= 4 is 45.6 Å². The van der Waals surface area contributed by atoms with Gasteiger partial charge >= 0.3 is 45.6 Å². The van der Waals surface area contributed by atoms with E-state index in [1.807, 2.05) is 0 Å². The van der Waals surface area contributed by atoms with Gasteiger partial charge < -0.3 is 4.74 Å². The van der Waals surface area contributed by atoms with Crippen molar-refractivity contribution in [1.29, 1.82) is 0 Å². The van der Waals surface area contributed by atoms with Crippen LogP contribution in [0.2, 0.25) is 0 Å². The minimum absolute atomic E-state index is 0. The summed E-state index contributed by atoms with van der Waals surface area (Å²) in [5.74, 6) is -0.555. The summed E-state index contributed by atoms with van der Waals surface area (Å²) in [6, 6.07) is 0. The first-order valence-corrected chi connectivity index (χ1v) is 9.07. The summed E-state index contributed by atoms with van der Waals surface area (Å²) in [4.78, 5) is 11.4. The Morgan fingerprint density at radius 3 is 1.90 bits per heavy atom. The first-order valence-electron chi connectivity index (χ1n) is 7.57. The zero-order valence-corrected chi connectivity index (χ0v) is 13.5. The summed E-state index contributed by atoms with van der Waals surface area (Å²) >= 11 is 0. The van der Waals surface area contributed by atoms with E-state index in [4.69, 9.17) is 9.29 Å². The number of rotatable bonds is 12. The van der Waals surface area contributed by atoms with Gasteiger partial charge in [0.15, 0.2) is 0 Å². The quantitative estimate of drug-likeness (QED) is 0.257. The molecule has 0 aromatic rings. The first kappa shape index (κ1) is 23.6. The van der Waals surface area contributed by atoms with E-state index in [-0.39, 0.29) is 42.4 Å². The van der Waals surface area contributed by atoms with Crippen LogP contribution in [-0.2, 0) is 19.6 Å². The van der Waals surface area contributed by atoms with Crippen molar-refractivity contribution in [3.8, 4) is 0 Å². The molecular weight excluding hydrogens is 303 g/mol. The van der Waals surface area contributed by atoms with Gasteiger partial charge in [0.05, 0.1) is 0 Å².